The van der Waals surface area contributed by atoms with E-state index in [4.69, 9.17) is 16.3 Å². The molecule has 0 bridgehead atoms. The second-order valence-corrected chi connectivity index (χ2v) is 6.51. The van der Waals surface area contributed by atoms with Gasteiger partial charge >= 0.3 is 0 Å². The quantitative estimate of drug-likeness (QED) is 0.794. The molecule has 1 aliphatic rings. The Bertz CT molecular complexity index is 607. The first-order chi connectivity index (χ1) is 9.10. The summed E-state index contributed by atoms with van der Waals surface area (Å²) in [7, 11) is 1.76. The van der Waals surface area contributed by atoms with Gasteiger partial charge in [-0.1, -0.05) is 0 Å². The number of alkyl halides is 1. The average molecular weight is 345 g/mol. The molecule has 1 fully saturated rings. The number of hydrogen-bond donors (Lipinski definition) is 0. The van der Waals surface area contributed by atoms with Crippen molar-refractivity contribution in [1.29, 1.82) is 0 Å². The molecule has 3 rings (SSSR count). The van der Waals surface area contributed by atoms with Crippen LogP contribution in [0.15, 0.2) is 16.7 Å². The smallest absolute Gasteiger partial charge is 0.160 e. The van der Waals surface area contributed by atoms with Crippen molar-refractivity contribution in [3.8, 4) is 0 Å². The topological polar surface area (TPSA) is 39.9 Å². The summed E-state index contributed by atoms with van der Waals surface area (Å²) in [6, 6.07) is 2.37. The maximum atomic E-state index is 6.26. The van der Waals surface area contributed by atoms with Crippen molar-refractivity contribution < 1.29 is 4.74 Å². The van der Waals surface area contributed by atoms with E-state index in [1.165, 1.54) is 0 Å². The van der Waals surface area contributed by atoms with E-state index in [-0.39, 0.29) is 5.38 Å². The largest absolute Gasteiger partial charge is 0.381 e. The first-order valence-corrected chi connectivity index (χ1v) is 7.53. The lowest BCUT2D eigenvalue weighted by Crippen LogP contribution is -2.33. The normalized spacial score (nSPS) is 24.4. The van der Waals surface area contributed by atoms with E-state index in [1.807, 2.05) is 13.0 Å². The molecule has 1 saturated carbocycles. The van der Waals surface area contributed by atoms with Gasteiger partial charge in [-0.25, -0.2) is 9.97 Å². The Morgan fingerprint density at radius 3 is 2.89 bits per heavy atom. The van der Waals surface area contributed by atoms with Gasteiger partial charge in [-0.2, -0.15) is 0 Å². The summed E-state index contributed by atoms with van der Waals surface area (Å²) < 4.78 is 8.46. The van der Waals surface area contributed by atoms with Crippen molar-refractivity contribution in [3.05, 3.63) is 22.6 Å². The Morgan fingerprint density at radius 1 is 1.53 bits per heavy atom. The minimum atomic E-state index is -0.130. The van der Waals surface area contributed by atoms with Crippen molar-refractivity contribution in [3.63, 3.8) is 0 Å². The van der Waals surface area contributed by atoms with E-state index >= 15 is 0 Å². The number of nitrogens with zero attached hydrogens (tertiary/aromatic N) is 3. The number of aromatic nitrogens is 3. The van der Waals surface area contributed by atoms with E-state index in [2.05, 4.69) is 30.5 Å². The highest BCUT2D eigenvalue weighted by molar-refractivity contribution is 9.10. The standard InChI is InChI=1S/C13H15BrClN3O/c1-7(15)12-17-11-3-8(14)6-16-13(11)18(12)9-4-10(5-9)19-2/h3,6-7,9-10H,4-5H2,1-2H3. The zero-order valence-corrected chi connectivity index (χ0v) is 13.1. The molecule has 6 heteroatoms. The summed E-state index contributed by atoms with van der Waals surface area (Å²) in [5.74, 6) is 0.891. The van der Waals surface area contributed by atoms with Crippen LogP contribution in [0, 0.1) is 0 Å². The van der Waals surface area contributed by atoms with Gasteiger partial charge in [0.1, 0.15) is 11.3 Å². The van der Waals surface area contributed by atoms with E-state index in [0.717, 1.165) is 34.3 Å². The summed E-state index contributed by atoms with van der Waals surface area (Å²) in [4.78, 5) is 9.12. The number of imidazole rings is 1. The molecule has 0 aromatic carbocycles. The molecule has 4 nitrogen and oxygen atoms in total. The van der Waals surface area contributed by atoms with Crippen LogP contribution in [0.3, 0.4) is 0 Å². The molecule has 1 atom stereocenters. The zero-order valence-electron chi connectivity index (χ0n) is 10.8. The number of ether oxygens (including phenoxy) is 1. The lowest BCUT2D eigenvalue weighted by molar-refractivity contribution is 0.00643. The number of hydrogen-bond acceptors (Lipinski definition) is 3. The van der Waals surface area contributed by atoms with Gasteiger partial charge in [-0.15, -0.1) is 11.6 Å². The summed E-state index contributed by atoms with van der Waals surface area (Å²) >= 11 is 9.69. The molecular weight excluding hydrogens is 330 g/mol. The third-order valence-electron chi connectivity index (χ3n) is 3.65. The highest BCUT2D eigenvalue weighted by atomic mass is 79.9. The van der Waals surface area contributed by atoms with Gasteiger partial charge in [0.2, 0.25) is 0 Å². The van der Waals surface area contributed by atoms with Crippen LogP contribution >= 0.6 is 27.5 Å². The van der Waals surface area contributed by atoms with Gasteiger partial charge in [0.05, 0.1) is 11.5 Å². The maximum absolute atomic E-state index is 6.26. The van der Waals surface area contributed by atoms with Crippen molar-refractivity contribution >= 4 is 38.7 Å². The minimum absolute atomic E-state index is 0.130. The van der Waals surface area contributed by atoms with Crippen LogP contribution in [-0.2, 0) is 4.74 Å². The summed E-state index contributed by atoms with van der Waals surface area (Å²) in [5, 5.41) is -0.130. The van der Waals surface area contributed by atoms with Crippen LogP contribution in [-0.4, -0.2) is 27.7 Å². The van der Waals surface area contributed by atoms with Crippen molar-refractivity contribution in [2.45, 2.75) is 37.3 Å². The van der Waals surface area contributed by atoms with Crippen LogP contribution in [0.25, 0.3) is 11.2 Å². The molecule has 0 saturated heterocycles. The van der Waals surface area contributed by atoms with Crippen LogP contribution in [0.2, 0.25) is 0 Å². The van der Waals surface area contributed by atoms with Gasteiger partial charge in [0.25, 0.3) is 0 Å². The second-order valence-electron chi connectivity index (χ2n) is 4.94. The van der Waals surface area contributed by atoms with Gasteiger partial charge in [0.15, 0.2) is 5.65 Å². The molecule has 2 aromatic rings. The summed E-state index contributed by atoms with van der Waals surface area (Å²) in [6.45, 7) is 1.95. The molecule has 19 heavy (non-hydrogen) atoms. The number of pyridine rings is 1. The van der Waals surface area contributed by atoms with Crippen LogP contribution in [0.5, 0.6) is 0 Å². The number of rotatable bonds is 3. The van der Waals surface area contributed by atoms with E-state index in [0.29, 0.717) is 12.1 Å². The maximum Gasteiger partial charge on any atom is 0.160 e. The van der Waals surface area contributed by atoms with Gasteiger partial charge in [0, 0.05) is 23.8 Å². The van der Waals surface area contributed by atoms with Crippen LogP contribution < -0.4 is 0 Å². The third-order valence-corrected chi connectivity index (χ3v) is 4.28. The third kappa shape index (κ3) is 2.28. The SMILES string of the molecule is COC1CC(n2c(C(C)Cl)nc3cc(Br)cnc32)C1. The fourth-order valence-corrected chi connectivity index (χ4v) is 3.03. The lowest BCUT2D eigenvalue weighted by Gasteiger charge is -2.36. The number of methoxy groups -OCH3 is 1. The van der Waals surface area contributed by atoms with Crippen molar-refractivity contribution in [2.75, 3.05) is 7.11 Å². The molecule has 0 aliphatic heterocycles. The Labute approximate surface area is 125 Å². The minimum Gasteiger partial charge on any atom is -0.381 e. The van der Waals surface area contributed by atoms with E-state index in [1.54, 1.807) is 13.3 Å². The highest BCUT2D eigenvalue weighted by Crippen LogP contribution is 2.39. The molecule has 0 spiro atoms. The van der Waals surface area contributed by atoms with Crippen LogP contribution in [0.1, 0.15) is 37.0 Å². The average Bonchev–Trinajstić information content (AvgIpc) is 2.66. The summed E-state index contributed by atoms with van der Waals surface area (Å²) in [6.07, 6.45) is 4.14. The molecular formula is C13H15BrClN3O. The van der Waals surface area contributed by atoms with Crippen molar-refractivity contribution in [2.24, 2.45) is 0 Å². The Hall–Kier alpha value is -0.650. The fraction of sp³-hybridized carbons (Fsp3) is 0.538. The molecule has 1 unspecified atom stereocenters. The van der Waals surface area contributed by atoms with Crippen molar-refractivity contribution in [1.82, 2.24) is 14.5 Å². The van der Waals surface area contributed by atoms with E-state index < -0.39 is 0 Å². The molecule has 0 amide bonds. The van der Waals surface area contributed by atoms with Crippen LogP contribution in [0.4, 0.5) is 0 Å². The fourth-order valence-electron chi connectivity index (χ4n) is 2.56. The molecule has 2 aromatic heterocycles. The van der Waals surface area contributed by atoms with Gasteiger partial charge in [-0.05, 0) is 41.8 Å². The molecule has 0 radical (unpaired) electrons. The Balaban J connectivity index is 2.07. The highest BCUT2D eigenvalue weighted by Gasteiger charge is 2.34. The molecule has 1 aliphatic carbocycles. The molecule has 2 heterocycles. The second kappa shape index (κ2) is 5.04. The number of fused-ring (bicyclic) bond motifs is 1. The molecule has 0 N–H and O–H groups in total. The van der Waals surface area contributed by atoms with E-state index in [9.17, 15) is 0 Å². The Kier molecular flexibility index (Phi) is 3.53. The lowest BCUT2D eigenvalue weighted by atomic mass is 9.89. The number of halogens is 2. The summed E-state index contributed by atoms with van der Waals surface area (Å²) in [5.41, 5.74) is 1.79. The Morgan fingerprint density at radius 2 is 2.26 bits per heavy atom. The zero-order chi connectivity index (χ0) is 13.6. The molecule has 102 valence electrons. The predicted octanol–water partition coefficient (Wildman–Crippen LogP) is 3.84. The first kappa shape index (κ1) is 13.3. The predicted molar refractivity (Wildman–Crippen MR) is 78.6 cm³/mol. The first-order valence-electron chi connectivity index (χ1n) is 6.30. The monoisotopic (exact) mass is 343 g/mol. The van der Waals surface area contributed by atoms with Gasteiger partial charge in [-0.3, -0.25) is 0 Å². The van der Waals surface area contributed by atoms with Gasteiger partial charge < -0.3 is 9.30 Å².